The van der Waals surface area contributed by atoms with Crippen molar-refractivity contribution < 1.29 is 0 Å². The van der Waals surface area contributed by atoms with Crippen LogP contribution < -0.4 is 5.84 Å². The molecule has 3 nitrogen and oxygen atoms in total. The van der Waals surface area contributed by atoms with Gasteiger partial charge < -0.3 is 5.84 Å². The third-order valence-electron chi connectivity index (χ3n) is 5.86. The van der Waals surface area contributed by atoms with Gasteiger partial charge in [0.05, 0.1) is 0 Å². The Kier molecular flexibility index (Phi) is 4.11. The number of hydrogen-bond donors (Lipinski definition) is 1. The monoisotopic (exact) mass is 319 g/mol. The van der Waals surface area contributed by atoms with Gasteiger partial charge in [-0.25, -0.2) is 0 Å². The van der Waals surface area contributed by atoms with Gasteiger partial charge in [0.25, 0.3) is 0 Å². The summed E-state index contributed by atoms with van der Waals surface area (Å²) in [4.78, 5) is 2.56. The standard InChI is InChI=1S/C21H25N3/c1-24-20(15-9-4-2-5-10-15)17-13-8-14-18(19(17)23-22)21(24)16-11-6-3-7-12-16/h2-7,9-12,17-18,20-21H,8,13-14,22H2,1H3/t17-,18+,20+,21-. The summed E-state index contributed by atoms with van der Waals surface area (Å²) in [7, 11) is 2.27. The Morgan fingerprint density at radius 3 is 1.71 bits per heavy atom. The molecule has 2 N–H and O–H groups in total. The van der Waals surface area contributed by atoms with Gasteiger partial charge in [0.15, 0.2) is 0 Å². The van der Waals surface area contributed by atoms with Crippen LogP contribution in [0, 0.1) is 11.8 Å². The summed E-state index contributed by atoms with van der Waals surface area (Å²) in [5.74, 6) is 6.75. The first-order valence-electron chi connectivity index (χ1n) is 8.90. The molecule has 24 heavy (non-hydrogen) atoms. The van der Waals surface area contributed by atoms with Crippen LogP contribution in [0.2, 0.25) is 0 Å². The second-order valence-electron chi connectivity index (χ2n) is 7.07. The molecule has 124 valence electrons. The maximum absolute atomic E-state index is 5.89. The molecule has 1 saturated carbocycles. The van der Waals surface area contributed by atoms with Crippen LogP contribution in [-0.2, 0) is 0 Å². The molecule has 2 aromatic carbocycles. The number of rotatable bonds is 2. The topological polar surface area (TPSA) is 41.6 Å². The molecule has 0 aromatic heterocycles. The lowest BCUT2D eigenvalue weighted by Gasteiger charge is -2.52. The van der Waals surface area contributed by atoms with Crippen LogP contribution in [0.3, 0.4) is 0 Å². The second kappa shape index (κ2) is 6.40. The molecule has 0 spiro atoms. The first-order chi connectivity index (χ1) is 11.8. The first kappa shape index (κ1) is 15.4. The maximum Gasteiger partial charge on any atom is 0.0475 e. The van der Waals surface area contributed by atoms with Gasteiger partial charge in [-0.15, -0.1) is 0 Å². The average Bonchev–Trinajstić information content (AvgIpc) is 2.63. The number of nitrogens with two attached hydrogens (primary N) is 1. The Balaban J connectivity index is 1.83. The van der Waals surface area contributed by atoms with E-state index in [1.54, 1.807) is 0 Å². The van der Waals surface area contributed by atoms with E-state index >= 15 is 0 Å². The number of benzene rings is 2. The van der Waals surface area contributed by atoms with Gasteiger partial charge in [0.2, 0.25) is 0 Å². The van der Waals surface area contributed by atoms with Gasteiger partial charge >= 0.3 is 0 Å². The molecule has 1 saturated heterocycles. The molecule has 0 unspecified atom stereocenters. The van der Waals surface area contributed by atoms with E-state index in [0.717, 1.165) is 0 Å². The molecule has 3 heteroatoms. The molecule has 1 aliphatic carbocycles. The van der Waals surface area contributed by atoms with E-state index in [0.29, 0.717) is 23.9 Å². The van der Waals surface area contributed by atoms with Crippen molar-refractivity contribution in [2.45, 2.75) is 31.3 Å². The smallest absolute Gasteiger partial charge is 0.0475 e. The predicted molar refractivity (Wildman–Crippen MR) is 98.6 cm³/mol. The van der Waals surface area contributed by atoms with Crippen molar-refractivity contribution in [3.05, 3.63) is 71.8 Å². The van der Waals surface area contributed by atoms with Gasteiger partial charge in [0.1, 0.15) is 0 Å². The van der Waals surface area contributed by atoms with E-state index in [4.69, 9.17) is 5.84 Å². The number of fused-ring (bicyclic) bond motifs is 2. The van der Waals surface area contributed by atoms with E-state index in [1.807, 2.05) is 0 Å². The van der Waals surface area contributed by atoms with Crippen LogP contribution in [0.5, 0.6) is 0 Å². The van der Waals surface area contributed by atoms with E-state index < -0.39 is 0 Å². The minimum absolute atomic E-state index is 0.343. The summed E-state index contributed by atoms with van der Waals surface area (Å²) in [5.41, 5.74) is 3.96. The molecule has 0 radical (unpaired) electrons. The van der Waals surface area contributed by atoms with Crippen LogP contribution in [0.4, 0.5) is 0 Å². The predicted octanol–water partition coefficient (Wildman–Crippen LogP) is 4.15. The number of likely N-dealkylation sites (tertiary alicyclic amines) is 1. The highest BCUT2D eigenvalue weighted by molar-refractivity contribution is 5.91. The van der Waals surface area contributed by atoms with Crippen LogP contribution in [0.15, 0.2) is 65.8 Å². The summed E-state index contributed by atoms with van der Waals surface area (Å²) >= 11 is 0. The van der Waals surface area contributed by atoms with Gasteiger partial charge in [-0.1, -0.05) is 67.1 Å². The van der Waals surface area contributed by atoms with Gasteiger partial charge in [-0.2, -0.15) is 5.10 Å². The highest BCUT2D eigenvalue weighted by Gasteiger charge is 2.48. The molecule has 0 amide bonds. The zero-order chi connectivity index (χ0) is 16.5. The lowest BCUT2D eigenvalue weighted by atomic mass is 9.66. The van der Waals surface area contributed by atoms with Crippen LogP contribution >= 0.6 is 0 Å². The second-order valence-corrected chi connectivity index (χ2v) is 7.07. The molecule has 2 aromatic rings. The van der Waals surface area contributed by atoms with Crippen molar-refractivity contribution in [3.8, 4) is 0 Å². The molecule has 4 rings (SSSR count). The highest BCUT2D eigenvalue weighted by atomic mass is 15.2. The summed E-state index contributed by atoms with van der Waals surface area (Å²) in [5, 5.41) is 4.31. The van der Waals surface area contributed by atoms with Crippen molar-refractivity contribution in [1.29, 1.82) is 0 Å². The Bertz CT molecular complexity index is 653. The quantitative estimate of drug-likeness (QED) is 0.667. The molecule has 2 fully saturated rings. The van der Waals surface area contributed by atoms with E-state index in [2.05, 4.69) is 77.7 Å². The summed E-state index contributed by atoms with van der Waals surface area (Å²) in [6, 6.07) is 22.4. The lowest BCUT2D eigenvalue weighted by Crippen LogP contribution is -2.51. The Hall–Kier alpha value is -2.13. The van der Waals surface area contributed by atoms with Crippen molar-refractivity contribution in [2.75, 3.05) is 7.05 Å². The minimum atomic E-state index is 0.343. The average molecular weight is 319 g/mol. The summed E-state index contributed by atoms with van der Waals surface area (Å²) < 4.78 is 0. The molecular weight excluding hydrogens is 294 g/mol. The number of hydrogen-bond acceptors (Lipinski definition) is 3. The fourth-order valence-corrected chi connectivity index (χ4v) is 4.94. The maximum atomic E-state index is 5.89. The Labute approximate surface area is 144 Å². The molecule has 1 heterocycles. The van der Waals surface area contributed by atoms with Crippen LogP contribution in [0.1, 0.15) is 42.5 Å². The minimum Gasteiger partial charge on any atom is -0.323 e. The van der Waals surface area contributed by atoms with Gasteiger partial charge in [0, 0.05) is 29.6 Å². The molecule has 2 aliphatic rings. The van der Waals surface area contributed by atoms with Gasteiger partial charge in [-0.3, -0.25) is 4.90 Å². The fourth-order valence-electron chi connectivity index (χ4n) is 4.94. The van der Waals surface area contributed by atoms with Crippen LogP contribution in [0.25, 0.3) is 0 Å². The summed E-state index contributed by atoms with van der Waals surface area (Å²) in [6.45, 7) is 0. The Morgan fingerprint density at radius 2 is 1.29 bits per heavy atom. The van der Waals surface area contributed by atoms with Gasteiger partial charge in [-0.05, 0) is 31.0 Å². The third-order valence-corrected chi connectivity index (χ3v) is 5.86. The zero-order valence-corrected chi connectivity index (χ0v) is 14.2. The number of hydrazone groups is 1. The molecule has 1 aliphatic heterocycles. The van der Waals surface area contributed by atoms with Crippen molar-refractivity contribution in [2.24, 2.45) is 22.8 Å². The highest BCUT2D eigenvalue weighted by Crippen LogP contribution is 2.51. The van der Waals surface area contributed by atoms with E-state index in [1.165, 1.54) is 36.1 Å². The van der Waals surface area contributed by atoms with Crippen LogP contribution in [-0.4, -0.2) is 17.7 Å². The number of nitrogens with zero attached hydrogens (tertiary/aromatic N) is 2. The Morgan fingerprint density at radius 1 is 0.833 bits per heavy atom. The SMILES string of the molecule is CN1[C@H](c2ccccc2)[C@H]2CCC[C@H](C2=NN)[C@@H]1c1ccccc1. The molecule has 4 atom stereocenters. The summed E-state index contributed by atoms with van der Waals surface area (Å²) in [6.07, 6.45) is 3.62. The van der Waals surface area contributed by atoms with E-state index in [9.17, 15) is 0 Å². The molecule has 2 bridgehead atoms. The normalized spacial score (nSPS) is 32.0. The first-order valence-corrected chi connectivity index (χ1v) is 8.90. The lowest BCUT2D eigenvalue weighted by molar-refractivity contribution is 0.0669. The van der Waals surface area contributed by atoms with E-state index in [-0.39, 0.29) is 0 Å². The number of piperidine rings is 1. The molecular formula is C21H25N3. The van der Waals surface area contributed by atoms with Crippen molar-refractivity contribution in [3.63, 3.8) is 0 Å². The largest absolute Gasteiger partial charge is 0.323 e. The van der Waals surface area contributed by atoms with Crippen molar-refractivity contribution >= 4 is 5.71 Å². The zero-order valence-electron chi connectivity index (χ0n) is 14.2. The van der Waals surface area contributed by atoms with Crippen molar-refractivity contribution in [1.82, 2.24) is 4.90 Å². The fraction of sp³-hybridized carbons (Fsp3) is 0.381. The third kappa shape index (κ3) is 2.44.